The van der Waals surface area contributed by atoms with E-state index in [0.29, 0.717) is 29.7 Å². The maximum Gasteiger partial charge on any atom is 0.229 e. The molecule has 0 saturated carbocycles. The van der Waals surface area contributed by atoms with Crippen molar-refractivity contribution < 1.29 is 31.7 Å². The summed E-state index contributed by atoms with van der Waals surface area (Å²) < 4.78 is 46.8. The zero-order chi connectivity index (χ0) is 25.9. The molecule has 2 fully saturated rings. The summed E-state index contributed by atoms with van der Waals surface area (Å²) in [5, 5.41) is 0. The third-order valence-electron chi connectivity index (χ3n) is 6.53. The Hall–Kier alpha value is -2.15. The van der Waals surface area contributed by atoms with Crippen molar-refractivity contribution in [3.8, 4) is 23.3 Å². The van der Waals surface area contributed by atoms with Crippen LogP contribution in [0.1, 0.15) is 44.7 Å². The maximum absolute atomic E-state index is 9.43. The first-order valence-corrected chi connectivity index (χ1v) is 13.6. The molecule has 3 heterocycles. The molecule has 4 rings (SSSR count). The molecule has 2 N–H and O–H groups in total. The third-order valence-corrected chi connectivity index (χ3v) is 7.42. The maximum atomic E-state index is 9.43. The topological polar surface area (TPSA) is 116 Å². The molecule has 0 spiro atoms. The van der Waals surface area contributed by atoms with Crippen LogP contribution in [0.2, 0.25) is 0 Å². The van der Waals surface area contributed by atoms with Crippen LogP contribution in [0.3, 0.4) is 0 Å². The normalized spacial score (nSPS) is 20.6. The van der Waals surface area contributed by atoms with E-state index in [2.05, 4.69) is 35.6 Å². The van der Waals surface area contributed by atoms with E-state index in [9.17, 15) is 9.11 Å². The van der Waals surface area contributed by atoms with Crippen molar-refractivity contribution in [3.05, 3.63) is 35.7 Å². The first kappa shape index (κ1) is 26.9. The molecule has 0 atom stereocenters. The first-order chi connectivity index (χ1) is 17.0. The van der Waals surface area contributed by atoms with Crippen molar-refractivity contribution in [2.75, 3.05) is 33.4 Å². The number of aromatic nitrogens is 2. The van der Waals surface area contributed by atoms with Crippen LogP contribution in [0.4, 0.5) is 0 Å². The number of hydrogen-bond acceptors (Lipinski definition) is 10. The lowest BCUT2D eigenvalue weighted by atomic mass is 9.99. The van der Waals surface area contributed by atoms with Crippen molar-refractivity contribution in [2.24, 2.45) is 5.92 Å². The lowest BCUT2D eigenvalue weighted by Crippen LogP contribution is -2.48. The van der Waals surface area contributed by atoms with Gasteiger partial charge in [0.05, 0.1) is 25.9 Å². The summed E-state index contributed by atoms with van der Waals surface area (Å²) >= 11 is -3.36. The van der Waals surface area contributed by atoms with Gasteiger partial charge in [0, 0.05) is 24.5 Å². The van der Waals surface area contributed by atoms with Crippen LogP contribution in [-0.4, -0.2) is 69.0 Å². The SMILES string of the molecule is COc1cc(CC2COS(O)(O)OC2)ccc1Oc1ncnc(OC2CCN(C(C)(C)C)CC2)c1C. The molecule has 0 radical (unpaired) electrons. The number of ether oxygens (including phenoxy) is 3. The van der Waals surface area contributed by atoms with E-state index in [-0.39, 0.29) is 30.8 Å². The van der Waals surface area contributed by atoms with Gasteiger partial charge in [-0.15, -0.1) is 0 Å². The molecular formula is C25H37N3O7S. The number of methoxy groups -OCH3 is 1. The predicted octanol–water partition coefficient (Wildman–Crippen LogP) is 5.01. The van der Waals surface area contributed by atoms with E-state index in [0.717, 1.165) is 37.1 Å². The Morgan fingerprint density at radius 1 is 1.06 bits per heavy atom. The number of benzene rings is 1. The fraction of sp³-hybridized carbons (Fsp3) is 0.600. The number of hydrogen-bond donors (Lipinski definition) is 2. The Morgan fingerprint density at radius 2 is 1.72 bits per heavy atom. The molecule has 2 aliphatic heterocycles. The molecule has 2 aromatic rings. The molecule has 1 aromatic heterocycles. The fourth-order valence-corrected chi connectivity index (χ4v) is 5.18. The Labute approximate surface area is 214 Å². The fourth-order valence-electron chi connectivity index (χ4n) is 4.37. The molecule has 11 heteroatoms. The van der Waals surface area contributed by atoms with Gasteiger partial charge in [0.2, 0.25) is 22.9 Å². The number of nitrogens with zero attached hydrogens (tertiary/aromatic N) is 3. The molecule has 2 aliphatic rings. The van der Waals surface area contributed by atoms with Gasteiger partial charge in [0.25, 0.3) is 0 Å². The average Bonchev–Trinajstić information content (AvgIpc) is 2.83. The Balaban J connectivity index is 1.40. The Kier molecular flexibility index (Phi) is 8.28. The molecule has 200 valence electrons. The second-order valence-corrected chi connectivity index (χ2v) is 11.6. The molecule has 36 heavy (non-hydrogen) atoms. The van der Waals surface area contributed by atoms with Gasteiger partial charge < -0.3 is 14.2 Å². The first-order valence-electron chi connectivity index (χ1n) is 12.2. The van der Waals surface area contributed by atoms with E-state index in [1.165, 1.54) is 6.33 Å². The number of likely N-dealkylation sites (tertiary alicyclic amines) is 1. The zero-order valence-corrected chi connectivity index (χ0v) is 22.4. The minimum absolute atomic E-state index is 0.000445. The standard InChI is InChI=1S/C25H37N3O7S/c1-17-23(34-20-8-10-28(11-9-20)25(2,3)4)26-16-27-24(17)35-21-7-6-18(13-22(21)31-5)12-19-14-32-36(29,30)33-15-19/h6-7,13,16,19-20,29-30H,8-12,14-15H2,1-5H3. The Morgan fingerprint density at radius 3 is 2.36 bits per heavy atom. The second-order valence-electron chi connectivity index (χ2n) is 10.3. The summed E-state index contributed by atoms with van der Waals surface area (Å²) in [6.07, 6.45) is 4.08. The van der Waals surface area contributed by atoms with E-state index >= 15 is 0 Å². The minimum Gasteiger partial charge on any atom is -0.493 e. The largest absolute Gasteiger partial charge is 0.493 e. The van der Waals surface area contributed by atoms with Crippen molar-refractivity contribution in [1.82, 2.24) is 14.9 Å². The van der Waals surface area contributed by atoms with Crippen molar-refractivity contribution >= 4 is 11.2 Å². The van der Waals surface area contributed by atoms with Gasteiger partial charge in [-0.05, 0) is 64.7 Å². The summed E-state index contributed by atoms with van der Waals surface area (Å²) in [7, 11) is 1.58. The summed E-state index contributed by atoms with van der Waals surface area (Å²) in [6.45, 7) is 11.0. The molecule has 1 aromatic carbocycles. The lowest BCUT2D eigenvalue weighted by molar-refractivity contribution is 0.0467. The van der Waals surface area contributed by atoms with E-state index in [1.807, 2.05) is 25.1 Å². The summed E-state index contributed by atoms with van der Waals surface area (Å²) in [6, 6.07) is 5.65. The van der Waals surface area contributed by atoms with E-state index in [1.54, 1.807) is 7.11 Å². The van der Waals surface area contributed by atoms with Crippen LogP contribution in [-0.2, 0) is 14.8 Å². The molecule has 0 bridgehead atoms. The van der Waals surface area contributed by atoms with Crippen LogP contribution in [0.25, 0.3) is 0 Å². The highest BCUT2D eigenvalue weighted by Gasteiger charge is 2.30. The van der Waals surface area contributed by atoms with E-state index in [4.69, 9.17) is 22.6 Å². The summed E-state index contributed by atoms with van der Waals surface area (Å²) in [4.78, 5) is 11.2. The van der Waals surface area contributed by atoms with E-state index < -0.39 is 11.2 Å². The lowest BCUT2D eigenvalue weighted by Gasteiger charge is -2.40. The van der Waals surface area contributed by atoms with Crippen molar-refractivity contribution in [2.45, 2.75) is 58.6 Å². The van der Waals surface area contributed by atoms with Gasteiger partial charge in [0.1, 0.15) is 12.4 Å². The summed E-state index contributed by atoms with van der Waals surface area (Å²) in [5.41, 5.74) is 1.88. The Bertz CT molecular complexity index is 1030. The zero-order valence-electron chi connectivity index (χ0n) is 21.6. The van der Waals surface area contributed by atoms with Gasteiger partial charge in [-0.1, -0.05) is 6.07 Å². The van der Waals surface area contributed by atoms with Crippen LogP contribution >= 0.6 is 11.2 Å². The highest BCUT2D eigenvalue weighted by atomic mass is 32.3. The van der Waals surface area contributed by atoms with Crippen LogP contribution in [0.5, 0.6) is 23.3 Å². The van der Waals surface area contributed by atoms with Gasteiger partial charge in [0.15, 0.2) is 11.5 Å². The summed E-state index contributed by atoms with van der Waals surface area (Å²) in [5.74, 6) is 2.04. The molecule has 10 nitrogen and oxygen atoms in total. The van der Waals surface area contributed by atoms with Gasteiger partial charge in [-0.2, -0.15) is 0 Å². The second kappa shape index (κ2) is 11.1. The van der Waals surface area contributed by atoms with Crippen LogP contribution in [0.15, 0.2) is 24.5 Å². The molecule has 0 aliphatic carbocycles. The number of rotatable bonds is 7. The van der Waals surface area contributed by atoms with Crippen LogP contribution < -0.4 is 14.2 Å². The smallest absolute Gasteiger partial charge is 0.229 e. The predicted molar refractivity (Wildman–Crippen MR) is 137 cm³/mol. The molecule has 2 saturated heterocycles. The van der Waals surface area contributed by atoms with Gasteiger partial charge in [-0.3, -0.25) is 22.4 Å². The van der Waals surface area contributed by atoms with Gasteiger partial charge in [-0.25, -0.2) is 9.97 Å². The monoisotopic (exact) mass is 523 g/mol. The number of piperidine rings is 1. The van der Waals surface area contributed by atoms with Crippen molar-refractivity contribution in [3.63, 3.8) is 0 Å². The highest BCUT2D eigenvalue weighted by Crippen LogP contribution is 2.45. The van der Waals surface area contributed by atoms with Crippen LogP contribution in [0, 0.1) is 12.8 Å². The van der Waals surface area contributed by atoms with Gasteiger partial charge >= 0.3 is 0 Å². The van der Waals surface area contributed by atoms with Crippen molar-refractivity contribution in [1.29, 1.82) is 0 Å². The average molecular weight is 524 g/mol. The highest BCUT2D eigenvalue weighted by molar-refractivity contribution is 8.16. The minimum atomic E-state index is -3.36. The molecular weight excluding hydrogens is 486 g/mol. The molecule has 0 unspecified atom stereocenters. The third kappa shape index (κ3) is 6.78. The molecule has 0 amide bonds. The quantitative estimate of drug-likeness (QED) is 0.513.